The average Bonchev–Trinajstić information content (AvgIpc) is 2.80. The minimum atomic E-state index is 0.440. The molecular weight excluding hydrogens is 424 g/mol. The number of hydrogen-bond acceptors (Lipinski definition) is 2. The second-order valence-corrected chi connectivity index (χ2v) is 7.18. The molecule has 0 radical (unpaired) electrons. The number of benzene rings is 4. The summed E-state index contributed by atoms with van der Waals surface area (Å²) >= 11 is 3.46. The predicted molar refractivity (Wildman–Crippen MR) is 125 cm³/mol. The van der Waals surface area contributed by atoms with Crippen LogP contribution in [0.4, 0.5) is 0 Å². The van der Waals surface area contributed by atoms with Crippen molar-refractivity contribution in [3.63, 3.8) is 0 Å². The van der Waals surface area contributed by atoms with Gasteiger partial charge in [0, 0.05) is 5.57 Å². The zero-order chi connectivity index (χ0) is 20.1. The van der Waals surface area contributed by atoms with Crippen molar-refractivity contribution in [3.8, 4) is 22.6 Å². The molecule has 0 bridgehead atoms. The molecule has 0 aliphatic carbocycles. The highest BCUT2D eigenvalue weighted by atomic mass is 79.9. The molecule has 0 saturated carbocycles. The number of fused-ring (bicyclic) bond motifs is 1. The van der Waals surface area contributed by atoms with Gasteiger partial charge >= 0.3 is 0 Å². The summed E-state index contributed by atoms with van der Waals surface area (Å²) in [7, 11) is 1.67. The standard InChI is InChI=1S/C26H21BrO2/c1-28-25-15-22-13-12-21(19-8-4-2-5-9-19)14-23(22)16-26(25)29-18-24(17-27)20-10-6-3-7-11-20/h2-17H,18H2,1H3/b24-17+. The Morgan fingerprint density at radius 3 is 2.14 bits per heavy atom. The summed E-state index contributed by atoms with van der Waals surface area (Å²) in [5.41, 5.74) is 4.56. The molecule has 0 spiro atoms. The summed E-state index contributed by atoms with van der Waals surface area (Å²) in [5, 5.41) is 2.24. The first-order valence-electron chi connectivity index (χ1n) is 9.43. The van der Waals surface area contributed by atoms with E-state index in [-0.39, 0.29) is 0 Å². The molecule has 4 aromatic carbocycles. The summed E-state index contributed by atoms with van der Waals surface area (Å²) in [6.45, 7) is 0.440. The molecule has 0 saturated heterocycles. The molecule has 4 rings (SSSR count). The van der Waals surface area contributed by atoms with Crippen molar-refractivity contribution in [3.05, 3.63) is 102 Å². The Morgan fingerprint density at radius 1 is 0.759 bits per heavy atom. The van der Waals surface area contributed by atoms with Crippen LogP contribution in [-0.4, -0.2) is 13.7 Å². The van der Waals surface area contributed by atoms with Gasteiger partial charge in [-0.1, -0.05) is 88.7 Å². The van der Waals surface area contributed by atoms with E-state index in [0.29, 0.717) is 6.61 Å². The lowest BCUT2D eigenvalue weighted by Crippen LogP contribution is -2.02. The van der Waals surface area contributed by atoms with E-state index in [1.165, 1.54) is 11.1 Å². The quantitative estimate of drug-likeness (QED) is 0.309. The zero-order valence-electron chi connectivity index (χ0n) is 16.1. The van der Waals surface area contributed by atoms with E-state index < -0.39 is 0 Å². The van der Waals surface area contributed by atoms with Crippen molar-refractivity contribution in [2.45, 2.75) is 0 Å². The van der Waals surface area contributed by atoms with Crippen LogP contribution in [0.1, 0.15) is 5.56 Å². The smallest absolute Gasteiger partial charge is 0.162 e. The molecule has 0 unspecified atom stereocenters. The number of rotatable bonds is 6. The van der Waals surface area contributed by atoms with E-state index in [0.717, 1.165) is 33.4 Å². The molecule has 0 amide bonds. The number of ether oxygens (including phenoxy) is 2. The van der Waals surface area contributed by atoms with Gasteiger partial charge in [-0.05, 0) is 50.6 Å². The van der Waals surface area contributed by atoms with E-state index in [2.05, 4.69) is 76.6 Å². The highest BCUT2D eigenvalue weighted by Crippen LogP contribution is 2.35. The minimum Gasteiger partial charge on any atom is -0.493 e. The first-order valence-corrected chi connectivity index (χ1v) is 10.3. The van der Waals surface area contributed by atoms with Crippen LogP contribution in [0.3, 0.4) is 0 Å². The maximum atomic E-state index is 6.17. The van der Waals surface area contributed by atoms with Gasteiger partial charge < -0.3 is 9.47 Å². The van der Waals surface area contributed by atoms with Crippen LogP contribution in [-0.2, 0) is 0 Å². The number of hydrogen-bond donors (Lipinski definition) is 0. The van der Waals surface area contributed by atoms with Crippen molar-refractivity contribution >= 4 is 32.3 Å². The highest BCUT2D eigenvalue weighted by Gasteiger charge is 2.10. The molecule has 0 aliphatic heterocycles. The molecule has 0 fully saturated rings. The van der Waals surface area contributed by atoms with Gasteiger partial charge in [-0.25, -0.2) is 0 Å². The maximum absolute atomic E-state index is 6.17. The summed E-state index contributed by atoms with van der Waals surface area (Å²) in [6, 6.07) is 31.1. The lowest BCUT2D eigenvalue weighted by molar-refractivity contribution is 0.331. The van der Waals surface area contributed by atoms with Gasteiger partial charge in [-0.3, -0.25) is 0 Å². The van der Waals surface area contributed by atoms with Gasteiger partial charge in [0.25, 0.3) is 0 Å². The lowest BCUT2D eigenvalue weighted by atomic mass is 10.0. The normalized spacial score (nSPS) is 11.4. The Balaban J connectivity index is 1.65. The van der Waals surface area contributed by atoms with Gasteiger partial charge in [0.05, 0.1) is 7.11 Å². The first kappa shape index (κ1) is 19.3. The Kier molecular flexibility index (Phi) is 5.97. The number of methoxy groups -OCH3 is 1. The van der Waals surface area contributed by atoms with E-state index in [4.69, 9.17) is 9.47 Å². The van der Waals surface area contributed by atoms with Crippen LogP contribution in [0.2, 0.25) is 0 Å². The maximum Gasteiger partial charge on any atom is 0.162 e. The molecule has 29 heavy (non-hydrogen) atoms. The third kappa shape index (κ3) is 4.36. The molecule has 3 heteroatoms. The summed E-state index contributed by atoms with van der Waals surface area (Å²) in [4.78, 5) is 1.91. The van der Waals surface area contributed by atoms with Crippen molar-refractivity contribution in [2.75, 3.05) is 13.7 Å². The molecule has 0 aromatic heterocycles. The van der Waals surface area contributed by atoms with Crippen LogP contribution < -0.4 is 9.47 Å². The summed E-state index contributed by atoms with van der Waals surface area (Å²) < 4.78 is 11.7. The molecule has 2 nitrogen and oxygen atoms in total. The highest BCUT2D eigenvalue weighted by molar-refractivity contribution is 9.11. The molecule has 144 valence electrons. The van der Waals surface area contributed by atoms with E-state index in [9.17, 15) is 0 Å². The van der Waals surface area contributed by atoms with Gasteiger partial charge in [0.2, 0.25) is 0 Å². The predicted octanol–water partition coefficient (Wildman–Crippen LogP) is 7.33. The van der Waals surface area contributed by atoms with Crippen LogP contribution in [0.5, 0.6) is 11.5 Å². The van der Waals surface area contributed by atoms with Crippen molar-refractivity contribution in [1.82, 2.24) is 0 Å². The molecule has 4 aromatic rings. The van der Waals surface area contributed by atoms with Crippen LogP contribution >= 0.6 is 15.9 Å². The van der Waals surface area contributed by atoms with Gasteiger partial charge in [0.15, 0.2) is 11.5 Å². The number of halogens is 1. The minimum absolute atomic E-state index is 0.440. The van der Waals surface area contributed by atoms with Crippen LogP contribution in [0, 0.1) is 0 Å². The first-order chi connectivity index (χ1) is 14.3. The second-order valence-electron chi connectivity index (χ2n) is 6.72. The SMILES string of the molecule is COc1cc2ccc(-c3ccccc3)cc2cc1OC/C(=C\Br)c1ccccc1. The van der Waals surface area contributed by atoms with Gasteiger partial charge in [-0.15, -0.1) is 0 Å². The molecule has 0 N–H and O–H groups in total. The lowest BCUT2D eigenvalue weighted by Gasteiger charge is -2.14. The van der Waals surface area contributed by atoms with E-state index >= 15 is 0 Å². The van der Waals surface area contributed by atoms with Crippen molar-refractivity contribution in [2.24, 2.45) is 0 Å². The zero-order valence-corrected chi connectivity index (χ0v) is 17.7. The Labute approximate surface area is 179 Å². The molecule has 0 heterocycles. The molecule has 0 aliphatic rings. The Morgan fingerprint density at radius 2 is 1.45 bits per heavy atom. The van der Waals surface area contributed by atoms with E-state index in [1.807, 2.05) is 35.3 Å². The fraction of sp³-hybridized carbons (Fsp3) is 0.0769. The summed E-state index contributed by atoms with van der Waals surface area (Å²) in [5.74, 6) is 1.46. The molecule has 0 atom stereocenters. The summed E-state index contributed by atoms with van der Waals surface area (Å²) in [6.07, 6.45) is 0. The van der Waals surface area contributed by atoms with Crippen molar-refractivity contribution in [1.29, 1.82) is 0 Å². The average molecular weight is 445 g/mol. The van der Waals surface area contributed by atoms with Crippen LogP contribution in [0.25, 0.3) is 27.5 Å². The third-order valence-corrected chi connectivity index (χ3v) is 5.44. The molecular formula is C26H21BrO2. The Hall–Kier alpha value is -3.04. The van der Waals surface area contributed by atoms with Crippen molar-refractivity contribution < 1.29 is 9.47 Å². The van der Waals surface area contributed by atoms with Crippen LogP contribution in [0.15, 0.2) is 96.0 Å². The topological polar surface area (TPSA) is 18.5 Å². The fourth-order valence-corrected chi connectivity index (χ4v) is 3.72. The fourth-order valence-electron chi connectivity index (χ4n) is 3.32. The largest absolute Gasteiger partial charge is 0.493 e. The monoisotopic (exact) mass is 444 g/mol. The van der Waals surface area contributed by atoms with E-state index in [1.54, 1.807) is 7.11 Å². The second kappa shape index (κ2) is 8.97. The third-order valence-electron chi connectivity index (χ3n) is 4.89. The Bertz CT molecular complexity index is 1140. The van der Waals surface area contributed by atoms with Gasteiger partial charge in [-0.2, -0.15) is 0 Å². The van der Waals surface area contributed by atoms with Gasteiger partial charge in [0.1, 0.15) is 6.61 Å².